The average molecular weight is 735 g/mol. The third kappa shape index (κ3) is 11.3. The number of phenolic OH excluding ortho intramolecular Hbond substituents is 1. The fourth-order valence-corrected chi connectivity index (χ4v) is 6.75. The van der Waals surface area contributed by atoms with E-state index in [-0.39, 0.29) is 80.7 Å². The second-order valence-corrected chi connectivity index (χ2v) is 14.0. The van der Waals surface area contributed by atoms with Crippen molar-refractivity contribution >= 4 is 41.1 Å². The number of aromatic hydroxyl groups is 1. The summed E-state index contributed by atoms with van der Waals surface area (Å²) in [5.74, 6) is -5.03. The highest BCUT2D eigenvalue weighted by atomic mass is 16.3. The minimum Gasteiger partial charge on any atom is -0.508 e. The van der Waals surface area contributed by atoms with E-state index in [0.29, 0.717) is 30.4 Å². The molecule has 4 unspecified atom stereocenters. The van der Waals surface area contributed by atoms with Crippen LogP contribution < -0.4 is 16.4 Å². The summed E-state index contributed by atoms with van der Waals surface area (Å²) in [5, 5.41) is 34.6. The summed E-state index contributed by atoms with van der Waals surface area (Å²) in [4.78, 5) is 92.7. The quantitative estimate of drug-likeness (QED) is 0.122. The number of nitrogens with one attached hydrogen (secondary N) is 2. The number of hydrogen-bond donors (Lipinski definition) is 6. The number of hydrogen-bond acceptors (Lipinski definition) is 10. The predicted octanol–water partition coefficient (Wildman–Crippen LogP) is 0.606. The van der Waals surface area contributed by atoms with Crippen LogP contribution in [-0.2, 0) is 40.0 Å². The molecule has 2 fully saturated rings. The Kier molecular flexibility index (Phi) is 14.0. The molecule has 15 heteroatoms. The van der Waals surface area contributed by atoms with Gasteiger partial charge in [-0.2, -0.15) is 0 Å². The molecule has 5 atom stereocenters. The summed E-state index contributed by atoms with van der Waals surface area (Å²) in [5.41, 5.74) is 7.81. The van der Waals surface area contributed by atoms with Gasteiger partial charge in [0, 0.05) is 51.1 Å². The van der Waals surface area contributed by atoms with Crippen LogP contribution in [-0.4, -0.2) is 111 Å². The average Bonchev–Trinajstić information content (AvgIpc) is 3.77. The molecular formula is C38H48N5O10+. The second kappa shape index (κ2) is 18.4. The number of carbonyl (C=O) groups excluding carboxylic acids is 7. The topological polar surface area (TPSA) is 237 Å². The summed E-state index contributed by atoms with van der Waals surface area (Å²) >= 11 is 0. The number of Topliss-reactive ketones (excluding diaryl/α,β-unsaturated/α-hetero) is 2. The van der Waals surface area contributed by atoms with Crippen LogP contribution in [0.3, 0.4) is 0 Å². The maximum Gasteiger partial charge on any atom is 0.286 e. The minimum absolute atomic E-state index is 0.0532. The number of allylic oxidation sites excluding steroid dienone is 5. The summed E-state index contributed by atoms with van der Waals surface area (Å²) in [6.45, 7) is 2.61. The number of β-amino-alcohol motifs (C(OH)–C–C–N with tert-alkyl or cyclic N) is 1. The number of aliphatic hydroxyl groups is 2. The Morgan fingerprint density at radius 3 is 2.43 bits per heavy atom. The van der Waals surface area contributed by atoms with Crippen LogP contribution in [0, 0.1) is 24.8 Å². The SMILES string of the molecule is Cc1cc(CCC(=O)NCC(=O)CC(C)C(=O)NCC(=O)N2C[C@@H](O)CC2C(=O)N2CCCC2C(=O)CC(CC2=C[C+]=C(O)C=C2)C(N)=O)ccc1O. The highest BCUT2D eigenvalue weighted by Crippen LogP contribution is 2.28. The Bertz CT molecular complexity index is 1700. The van der Waals surface area contributed by atoms with Gasteiger partial charge >= 0.3 is 0 Å². The van der Waals surface area contributed by atoms with Gasteiger partial charge in [-0.1, -0.05) is 19.1 Å². The summed E-state index contributed by atoms with van der Waals surface area (Å²) < 4.78 is 0. The van der Waals surface area contributed by atoms with Crippen LogP contribution in [0.15, 0.2) is 47.8 Å². The van der Waals surface area contributed by atoms with Gasteiger partial charge in [-0.05, 0) is 43.4 Å². The number of aryl methyl sites for hydroxylation is 2. The monoisotopic (exact) mass is 734 g/mol. The Labute approximate surface area is 307 Å². The lowest BCUT2D eigenvalue weighted by Gasteiger charge is -2.31. The maximum absolute atomic E-state index is 13.8. The van der Waals surface area contributed by atoms with Crippen LogP contribution in [0.4, 0.5) is 0 Å². The normalized spacial score (nSPS) is 20.5. The van der Waals surface area contributed by atoms with E-state index in [1.165, 1.54) is 28.9 Å². The third-order valence-electron chi connectivity index (χ3n) is 9.76. The van der Waals surface area contributed by atoms with Crippen molar-refractivity contribution in [3.63, 3.8) is 0 Å². The van der Waals surface area contributed by atoms with Gasteiger partial charge in [0.1, 0.15) is 17.9 Å². The van der Waals surface area contributed by atoms with Gasteiger partial charge < -0.3 is 41.5 Å². The molecule has 1 aliphatic carbocycles. The number of likely N-dealkylation sites (tertiary alicyclic amines) is 2. The molecular weight excluding hydrogens is 686 g/mol. The molecule has 0 bridgehead atoms. The van der Waals surface area contributed by atoms with E-state index in [2.05, 4.69) is 16.7 Å². The van der Waals surface area contributed by atoms with E-state index in [0.717, 1.165) is 5.56 Å². The van der Waals surface area contributed by atoms with Gasteiger partial charge in [-0.25, -0.2) is 0 Å². The highest BCUT2D eigenvalue weighted by molar-refractivity contribution is 5.96. The first-order valence-electron chi connectivity index (χ1n) is 17.8. The van der Waals surface area contributed by atoms with Gasteiger partial charge in [0.2, 0.25) is 29.5 Å². The van der Waals surface area contributed by atoms with Crippen molar-refractivity contribution in [3.8, 4) is 5.75 Å². The van der Waals surface area contributed by atoms with Crippen LogP contribution in [0.5, 0.6) is 5.75 Å². The van der Waals surface area contributed by atoms with Gasteiger partial charge in [0.05, 0.1) is 55.0 Å². The highest BCUT2D eigenvalue weighted by Gasteiger charge is 2.45. The standard InChI is InChI=1S/C38H47N5O10/c1-22-14-24(7-11-32(22)47)8-12-34(49)40-19-28(45)15-23(2)37(52)41-20-35(50)43-21-29(46)18-31(43)38(53)42-13-3-4-30(42)33(48)17-26(36(39)51)16-25-5-9-27(44)10-6-25/h5-7,9,11,14,23,26,29-31,46H,3-4,8,12-13,15-21H2,1-2H3,(H5-,39,40,41,44,47,49,51,52)/p+1/t23?,26?,29-,30?,31?/m0/s1. The lowest BCUT2D eigenvalue weighted by atomic mass is 9.89. The largest absolute Gasteiger partial charge is 0.508 e. The Morgan fingerprint density at radius 2 is 1.75 bits per heavy atom. The van der Waals surface area contributed by atoms with E-state index in [9.17, 15) is 48.9 Å². The number of aliphatic hydroxyl groups excluding tert-OH is 2. The van der Waals surface area contributed by atoms with Gasteiger partial charge in [0.15, 0.2) is 11.6 Å². The van der Waals surface area contributed by atoms with E-state index in [1.807, 2.05) is 0 Å². The molecule has 0 aromatic heterocycles. The molecule has 15 nitrogen and oxygen atoms in total. The van der Waals surface area contributed by atoms with Crippen LogP contribution in [0.2, 0.25) is 0 Å². The molecule has 3 aliphatic rings. The van der Waals surface area contributed by atoms with E-state index in [1.54, 1.807) is 31.2 Å². The number of phenols is 1. The fourth-order valence-electron chi connectivity index (χ4n) is 6.75. The molecule has 284 valence electrons. The van der Waals surface area contributed by atoms with E-state index in [4.69, 9.17) is 5.73 Å². The van der Waals surface area contributed by atoms with Gasteiger partial charge in [0.25, 0.3) is 5.76 Å². The van der Waals surface area contributed by atoms with Crippen LogP contribution in [0.25, 0.3) is 0 Å². The first kappa shape index (κ1) is 40.4. The molecule has 2 heterocycles. The molecule has 1 aromatic carbocycles. The Balaban J connectivity index is 1.24. The zero-order valence-corrected chi connectivity index (χ0v) is 30.0. The zero-order valence-electron chi connectivity index (χ0n) is 30.0. The Morgan fingerprint density at radius 1 is 1.00 bits per heavy atom. The number of amides is 5. The number of rotatable bonds is 17. The Hall–Kier alpha value is -5.40. The summed E-state index contributed by atoms with van der Waals surface area (Å²) in [6, 6.07) is 3.15. The van der Waals surface area contributed by atoms with E-state index >= 15 is 0 Å². The molecule has 2 aliphatic heterocycles. The minimum atomic E-state index is -1.07. The molecule has 0 spiro atoms. The smallest absolute Gasteiger partial charge is 0.286 e. The number of ketones is 2. The van der Waals surface area contributed by atoms with Crippen molar-refractivity contribution in [3.05, 3.63) is 65.0 Å². The van der Waals surface area contributed by atoms with Crippen LogP contribution >= 0.6 is 0 Å². The molecule has 0 saturated carbocycles. The van der Waals surface area contributed by atoms with Crippen molar-refractivity contribution < 1.29 is 48.9 Å². The number of carbonyl (C=O) groups is 7. The lowest BCUT2D eigenvalue weighted by Crippen LogP contribution is -2.53. The van der Waals surface area contributed by atoms with E-state index < -0.39 is 60.2 Å². The first-order chi connectivity index (χ1) is 25.1. The van der Waals surface area contributed by atoms with Crippen molar-refractivity contribution in [1.29, 1.82) is 0 Å². The van der Waals surface area contributed by atoms with Crippen molar-refractivity contribution in [2.75, 3.05) is 26.2 Å². The number of benzene rings is 1. The molecule has 0 radical (unpaired) electrons. The number of primary amides is 1. The number of nitrogens with two attached hydrogens (primary N) is 1. The molecule has 4 rings (SSSR count). The summed E-state index contributed by atoms with van der Waals surface area (Å²) in [6.07, 6.45) is 7.29. The third-order valence-corrected chi connectivity index (χ3v) is 9.76. The van der Waals surface area contributed by atoms with Gasteiger partial charge in [-0.15, -0.1) is 0 Å². The molecule has 1 aromatic rings. The molecule has 5 amide bonds. The molecule has 7 N–H and O–H groups in total. The van der Waals surface area contributed by atoms with Crippen molar-refractivity contribution in [2.45, 2.75) is 83.4 Å². The van der Waals surface area contributed by atoms with Gasteiger partial charge in [-0.3, -0.25) is 33.6 Å². The maximum atomic E-state index is 13.8. The fraction of sp³-hybridized carbons (Fsp3) is 0.500. The second-order valence-electron chi connectivity index (χ2n) is 14.0. The number of nitrogens with zero attached hydrogens (tertiary/aromatic N) is 2. The molecule has 2 saturated heterocycles. The van der Waals surface area contributed by atoms with Crippen LogP contribution in [0.1, 0.15) is 63.0 Å². The zero-order chi connectivity index (χ0) is 38.8. The lowest BCUT2D eigenvalue weighted by molar-refractivity contribution is -0.146. The van der Waals surface area contributed by atoms with Crippen molar-refractivity contribution in [1.82, 2.24) is 20.4 Å². The summed E-state index contributed by atoms with van der Waals surface area (Å²) in [7, 11) is 0. The van der Waals surface area contributed by atoms with Crippen molar-refractivity contribution in [2.24, 2.45) is 17.6 Å². The predicted molar refractivity (Wildman–Crippen MR) is 190 cm³/mol. The molecule has 53 heavy (non-hydrogen) atoms. The first-order valence-corrected chi connectivity index (χ1v) is 17.8.